The zero-order valence-corrected chi connectivity index (χ0v) is 45.5. The van der Waals surface area contributed by atoms with Gasteiger partial charge in [0.15, 0.2) is 10.2 Å². The van der Waals surface area contributed by atoms with Crippen molar-refractivity contribution in [1.29, 1.82) is 0 Å². The molecule has 0 atom stereocenters. The second kappa shape index (κ2) is 23.6. The molecule has 2 nitrogen and oxygen atoms in total. The molecular formula is C67H38F6O2S4. The maximum Gasteiger partial charge on any atom is 0.380 e. The van der Waals surface area contributed by atoms with E-state index in [1.165, 1.54) is 39.8 Å². The molecule has 0 bridgehead atoms. The Labute approximate surface area is 470 Å². The van der Waals surface area contributed by atoms with Crippen LogP contribution in [-0.2, 0) is 9.59 Å². The van der Waals surface area contributed by atoms with Crippen molar-refractivity contribution in [3.05, 3.63) is 244 Å². The summed E-state index contributed by atoms with van der Waals surface area (Å²) in [4.78, 5) is 25.1. The summed E-state index contributed by atoms with van der Waals surface area (Å²) in [5, 5.41) is 0.0311. The fourth-order valence-electron chi connectivity index (χ4n) is 7.95. The van der Waals surface area contributed by atoms with Crippen LogP contribution >= 0.6 is 46.2 Å². The van der Waals surface area contributed by atoms with Crippen molar-refractivity contribution >= 4 is 67.6 Å². The predicted octanol–water partition coefficient (Wildman–Crippen LogP) is 15.9. The van der Waals surface area contributed by atoms with Crippen molar-refractivity contribution in [3.63, 3.8) is 0 Å². The van der Waals surface area contributed by atoms with Crippen LogP contribution in [0.1, 0.15) is 100 Å². The summed E-state index contributed by atoms with van der Waals surface area (Å²) in [7, 11) is 0. The Morgan fingerprint density at radius 2 is 0.557 bits per heavy atom. The quantitative estimate of drug-likeness (QED) is 0.0999. The minimum Gasteiger partial charge on any atom is -0.287 e. The van der Waals surface area contributed by atoms with Crippen LogP contribution < -0.4 is 0 Å². The third-order valence-electron chi connectivity index (χ3n) is 11.9. The van der Waals surface area contributed by atoms with Gasteiger partial charge in [-0.3, -0.25) is 9.59 Å². The highest BCUT2D eigenvalue weighted by molar-refractivity contribution is 8.13. The van der Waals surface area contributed by atoms with Gasteiger partial charge in [0.05, 0.1) is 9.75 Å². The Bertz CT molecular complexity index is 3850. The lowest BCUT2D eigenvalue weighted by molar-refractivity contribution is -0.254. The van der Waals surface area contributed by atoms with Gasteiger partial charge in [-0.2, -0.15) is 26.3 Å². The number of carbonyl (C=O) groups excluding carboxylic acids is 2. The summed E-state index contributed by atoms with van der Waals surface area (Å²) in [6, 6.07) is 46.1. The molecular weight excluding hydrogens is 1080 g/mol. The van der Waals surface area contributed by atoms with Crippen LogP contribution in [0.4, 0.5) is 26.3 Å². The average Bonchev–Trinajstić information content (AvgIpc) is 3.37. The maximum absolute atomic E-state index is 15.9. The van der Waals surface area contributed by atoms with Crippen molar-refractivity contribution in [1.82, 2.24) is 0 Å². The molecule has 79 heavy (non-hydrogen) atoms. The van der Waals surface area contributed by atoms with E-state index in [1.807, 2.05) is 97.1 Å². The van der Waals surface area contributed by atoms with Crippen molar-refractivity contribution in [2.75, 3.05) is 0 Å². The first-order valence-electron chi connectivity index (χ1n) is 24.0. The summed E-state index contributed by atoms with van der Waals surface area (Å²) in [5.74, 6) is 20.4. The Morgan fingerprint density at radius 3 is 0.772 bits per heavy atom. The molecule has 0 unspecified atom stereocenters. The molecule has 0 amide bonds. The number of halogens is 6. The summed E-state index contributed by atoms with van der Waals surface area (Å²) in [6.07, 6.45) is 0. The second-order valence-electron chi connectivity index (χ2n) is 17.7. The molecule has 0 saturated carbocycles. The lowest BCUT2D eigenvalue weighted by Crippen LogP contribution is -2.48. The van der Waals surface area contributed by atoms with Crippen LogP contribution in [0.25, 0.3) is 11.1 Å². The molecule has 1 aliphatic rings. The molecule has 384 valence electrons. The topological polar surface area (TPSA) is 34.1 Å². The van der Waals surface area contributed by atoms with E-state index >= 15 is 26.3 Å². The number of hydrogen-bond acceptors (Lipinski definition) is 6. The van der Waals surface area contributed by atoms with Gasteiger partial charge in [0.25, 0.3) is 0 Å². The van der Waals surface area contributed by atoms with Gasteiger partial charge in [0, 0.05) is 100 Å². The number of allylic oxidation sites excluding steroid dienone is 2. The molecule has 0 radical (unpaired) electrons. The van der Waals surface area contributed by atoms with Crippen LogP contribution in [-0.4, -0.2) is 28.0 Å². The largest absolute Gasteiger partial charge is 0.380 e. The van der Waals surface area contributed by atoms with Crippen molar-refractivity contribution in [2.45, 2.75) is 55.3 Å². The molecule has 2 heterocycles. The highest BCUT2D eigenvalue weighted by atomic mass is 32.2. The molecule has 2 aromatic heterocycles. The fraction of sp³-hybridized carbons (Fsp3) is 0.104. The fourth-order valence-corrected chi connectivity index (χ4v) is 10.9. The molecule has 0 fully saturated rings. The van der Waals surface area contributed by atoms with Crippen LogP contribution in [0.5, 0.6) is 0 Å². The molecule has 0 aliphatic heterocycles. The van der Waals surface area contributed by atoms with Crippen molar-refractivity contribution < 1.29 is 35.9 Å². The monoisotopic (exact) mass is 1120 g/mol. The third-order valence-corrected chi connectivity index (χ3v) is 15.4. The van der Waals surface area contributed by atoms with Gasteiger partial charge in [-0.05, 0) is 183 Å². The lowest BCUT2D eigenvalue weighted by Gasteiger charge is -2.25. The molecule has 1 aliphatic carbocycles. The minimum absolute atomic E-state index is 0.0155. The lowest BCUT2D eigenvalue weighted by atomic mass is 9.95. The zero-order valence-electron chi connectivity index (χ0n) is 42.2. The first-order chi connectivity index (χ1) is 37.8. The normalized spacial score (nSPS) is 13.3. The average molecular weight is 1120 g/mol. The van der Waals surface area contributed by atoms with Gasteiger partial charge in [0.1, 0.15) is 0 Å². The number of benzene rings is 6. The number of carbonyl (C=O) groups is 2. The molecule has 6 aromatic carbocycles. The molecule has 9 rings (SSSR count). The van der Waals surface area contributed by atoms with E-state index < -0.39 is 40.0 Å². The first-order valence-corrected chi connectivity index (χ1v) is 27.3. The standard InChI is InChI=1S/C67H38F6O2S4/c1-43-61(41-59(76-43)39-33-53-23-17-51(18-24-53)15-9-47-5-11-49(12-6-47)21-27-55-29-35-57(36-30-55)78-45(3)74)63-64(66(70,71)67(72,73)65(63,68)69)62-42-60(77-44(62)2)40-34-54-25-19-52(20-26-54)16-10-48-7-13-50(14-8-48)22-28-56-31-37-58(38-32-56)79-46(4)75/h5-8,11-14,17-20,23-26,29-32,35-38,41-42H,1-4H3. The molecule has 12 heteroatoms. The van der Waals surface area contributed by atoms with Gasteiger partial charge in [-0.15, -0.1) is 22.7 Å². The van der Waals surface area contributed by atoms with Crippen LogP contribution in [0.3, 0.4) is 0 Å². The molecule has 0 saturated heterocycles. The first kappa shape index (κ1) is 55.2. The van der Waals surface area contributed by atoms with E-state index in [4.69, 9.17) is 0 Å². The van der Waals surface area contributed by atoms with Crippen LogP contribution in [0.15, 0.2) is 168 Å². The molecule has 0 N–H and O–H groups in total. The maximum atomic E-state index is 15.9. The van der Waals surface area contributed by atoms with Gasteiger partial charge in [-0.25, -0.2) is 0 Å². The van der Waals surface area contributed by atoms with Crippen molar-refractivity contribution in [2.24, 2.45) is 0 Å². The molecule has 0 spiro atoms. The van der Waals surface area contributed by atoms with E-state index in [2.05, 4.69) is 71.0 Å². The van der Waals surface area contributed by atoms with Gasteiger partial charge in [-0.1, -0.05) is 94.6 Å². The minimum atomic E-state index is -5.73. The summed E-state index contributed by atoms with van der Waals surface area (Å²) in [5.41, 5.74) is 3.56. The Hall–Kier alpha value is -8.56. The van der Waals surface area contributed by atoms with Crippen LogP contribution in [0, 0.1) is 84.9 Å². The van der Waals surface area contributed by atoms with E-state index in [9.17, 15) is 9.59 Å². The third kappa shape index (κ3) is 13.1. The molecule has 8 aromatic rings. The predicted molar refractivity (Wildman–Crippen MR) is 307 cm³/mol. The van der Waals surface area contributed by atoms with Gasteiger partial charge in [0.2, 0.25) is 0 Å². The number of alkyl halides is 6. The number of thiophene rings is 2. The Balaban J connectivity index is 0.869. The van der Waals surface area contributed by atoms with Gasteiger partial charge < -0.3 is 0 Å². The van der Waals surface area contributed by atoms with Crippen LogP contribution in [0.2, 0.25) is 0 Å². The van der Waals surface area contributed by atoms with E-state index in [-0.39, 0.29) is 29.7 Å². The highest BCUT2D eigenvalue weighted by Gasteiger charge is 2.80. The van der Waals surface area contributed by atoms with E-state index in [1.54, 1.807) is 48.5 Å². The Morgan fingerprint density at radius 1 is 0.354 bits per heavy atom. The van der Waals surface area contributed by atoms with Gasteiger partial charge >= 0.3 is 17.8 Å². The zero-order chi connectivity index (χ0) is 55.9. The summed E-state index contributed by atoms with van der Waals surface area (Å²) in [6.45, 7) is 5.86. The number of aryl methyl sites for hydroxylation is 2. The smallest absolute Gasteiger partial charge is 0.287 e. The number of hydrogen-bond donors (Lipinski definition) is 0. The van der Waals surface area contributed by atoms with Crippen molar-refractivity contribution in [3.8, 4) is 71.0 Å². The summed E-state index contributed by atoms with van der Waals surface area (Å²) < 4.78 is 94.5. The van der Waals surface area contributed by atoms with E-state index in [0.29, 0.717) is 22.3 Å². The second-order valence-corrected chi connectivity index (χ2v) is 22.7. The SMILES string of the molecule is CC(=O)Sc1ccc(C#Cc2ccc(C#Cc3ccc(C#Cc4cc(C5=C(c6cc(C#Cc7ccc(C#Cc8ccc(C#Cc9ccc(SC(C)=O)cc9)cc8)cc7)sc6C)C(F)(F)C(F)(F)C5(F)F)c(C)s4)cc3)cc2)cc1. The summed E-state index contributed by atoms with van der Waals surface area (Å²) >= 11 is 4.21. The number of rotatable bonds is 4. The van der Waals surface area contributed by atoms with E-state index in [0.717, 1.165) is 89.4 Å². The highest BCUT2D eigenvalue weighted by Crippen LogP contribution is 2.65. The Kier molecular flexibility index (Phi) is 16.5. The number of thioether (sulfide) groups is 2.